The smallest absolute Gasteiger partial charge is 0.113 e. The van der Waals surface area contributed by atoms with Gasteiger partial charge in [-0.1, -0.05) is 29.3 Å². The van der Waals surface area contributed by atoms with E-state index in [0.29, 0.717) is 0 Å². The molecule has 3 aromatic rings. The number of aliphatic hydroxyl groups is 1. The van der Waals surface area contributed by atoms with Gasteiger partial charge in [0.2, 0.25) is 0 Å². The van der Waals surface area contributed by atoms with Gasteiger partial charge in [-0.25, -0.2) is 0 Å². The van der Waals surface area contributed by atoms with Gasteiger partial charge in [0.1, 0.15) is 6.10 Å². The van der Waals surface area contributed by atoms with Crippen LogP contribution in [-0.4, -0.2) is 5.11 Å². The molecule has 2 aromatic heterocycles. The number of hydrogen-bond donors (Lipinski definition) is 1. The molecule has 3 rings (SSSR count). The lowest BCUT2D eigenvalue weighted by molar-refractivity contribution is 0.224. The molecule has 0 spiro atoms. The standard InChI is InChI=1S/C15H14OS2/c1-9-5-10(2)7-11(6-9)15(16)14-8-13-12(18-14)3-4-17-13/h3-8,15-16H,1-2H3. The van der Waals surface area contributed by atoms with E-state index >= 15 is 0 Å². The summed E-state index contributed by atoms with van der Waals surface area (Å²) in [5.74, 6) is 0. The van der Waals surface area contributed by atoms with Gasteiger partial charge in [-0.15, -0.1) is 22.7 Å². The van der Waals surface area contributed by atoms with Crippen molar-refractivity contribution in [3.8, 4) is 0 Å². The molecule has 1 nitrogen and oxygen atoms in total. The molecule has 1 atom stereocenters. The summed E-state index contributed by atoms with van der Waals surface area (Å²) in [6, 6.07) is 10.5. The lowest BCUT2D eigenvalue weighted by Gasteiger charge is -2.10. The normalized spacial score (nSPS) is 13.1. The highest BCUT2D eigenvalue weighted by Crippen LogP contribution is 2.36. The number of hydrogen-bond acceptors (Lipinski definition) is 3. The molecule has 0 bridgehead atoms. The third-order valence-electron chi connectivity index (χ3n) is 2.99. The summed E-state index contributed by atoms with van der Waals surface area (Å²) in [7, 11) is 0. The predicted molar refractivity (Wildman–Crippen MR) is 79.7 cm³/mol. The zero-order valence-corrected chi connectivity index (χ0v) is 11.9. The van der Waals surface area contributed by atoms with E-state index in [1.165, 1.54) is 20.5 Å². The average Bonchev–Trinajstić information content (AvgIpc) is 2.86. The minimum atomic E-state index is -0.506. The molecule has 0 fully saturated rings. The second kappa shape index (κ2) is 4.50. The van der Waals surface area contributed by atoms with Crippen molar-refractivity contribution in [1.29, 1.82) is 0 Å². The fourth-order valence-electron chi connectivity index (χ4n) is 2.25. The summed E-state index contributed by atoms with van der Waals surface area (Å²) in [4.78, 5) is 1.03. The summed E-state index contributed by atoms with van der Waals surface area (Å²) in [6.07, 6.45) is -0.506. The third-order valence-corrected chi connectivity index (χ3v) is 5.13. The number of thiophene rings is 2. The van der Waals surface area contributed by atoms with E-state index < -0.39 is 6.10 Å². The van der Waals surface area contributed by atoms with E-state index in [0.717, 1.165) is 10.4 Å². The molecule has 0 saturated heterocycles. The van der Waals surface area contributed by atoms with E-state index in [9.17, 15) is 5.11 Å². The van der Waals surface area contributed by atoms with Gasteiger partial charge < -0.3 is 5.11 Å². The Kier molecular flexibility index (Phi) is 2.98. The van der Waals surface area contributed by atoms with Crippen LogP contribution in [0.3, 0.4) is 0 Å². The maximum Gasteiger partial charge on any atom is 0.113 e. The van der Waals surface area contributed by atoms with Crippen LogP contribution in [0.25, 0.3) is 9.40 Å². The zero-order valence-electron chi connectivity index (χ0n) is 10.3. The topological polar surface area (TPSA) is 20.2 Å². The molecule has 0 aliphatic carbocycles. The highest BCUT2D eigenvalue weighted by atomic mass is 32.1. The van der Waals surface area contributed by atoms with Crippen molar-refractivity contribution in [2.24, 2.45) is 0 Å². The largest absolute Gasteiger partial charge is 0.383 e. The Morgan fingerprint density at radius 2 is 1.72 bits per heavy atom. The van der Waals surface area contributed by atoms with Crippen LogP contribution >= 0.6 is 22.7 Å². The highest BCUT2D eigenvalue weighted by Gasteiger charge is 2.14. The van der Waals surface area contributed by atoms with Gasteiger partial charge in [-0.3, -0.25) is 0 Å². The highest BCUT2D eigenvalue weighted by molar-refractivity contribution is 7.26. The second-order valence-electron chi connectivity index (χ2n) is 4.62. The molecular weight excluding hydrogens is 260 g/mol. The van der Waals surface area contributed by atoms with Crippen LogP contribution in [0.2, 0.25) is 0 Å². The molecule has 0 radical (unpaired) electrons. The summed E-state index contributed by atoms with van der Waals surface area (Å²) in [6.45, 7) is 4.13. The molecule has 18 heavy (non-hydrogen) atoms. The van der Waals surface area contributed by atoms with E-state index in [4.69, 9.17) is 0 Å². The van der Waals surface area contributed by atoms with Crippen molar-refractivity contribution in [3.63, 3.8) is 0 Å². The van der Waals surface area contributed by atoms with E-state index in [2.05, 4.69) is 49.6 Å². The molecule has 0 amide bonds. The van der Waals surface area contributed by atoms with Crippen LogP contribution in [0.5, 0.6) is 0 Å². The lowest BCUT2D eigenvalue weighted by atomic mass is 10.0. The average molecular weight is 274 g/mol. The number of aryl methyl sites for hydroxylation is 2. The molecule has 3 heteroatoms. The maximum atomic E-state index is 10.5. The van der Waals surface area contributed by atoms with Crippen LogP contribution in [-0.2, 0) is 0 Å². The number of aliphatic hydroxyl groups excluding tert-OH is 1. The van der Waals surface area contributed by atoms with Crippen molar-refractivity contribution in [3.05, 3.63) is 57.3 Å². The molecule has 2 heterocycles. The molecule has 1 N–H and O–H groups in total. The molecule has 0 aliphatic rings. The van der Waals surface area contributed by atoms with Gasteiger partial charge >= 0.3 is 0 Å². The van der Waals surface area contributed by atoms with Crippen LogP contribution in [0.15, 0.2) is 35.7 Å². The minimum absolute atomic E-state index is 0.506. The fraction of sp³-hybridized carbons (Fsp3) is 0.200. The molecule has 1 unspecified atom stereocenters. The van der Waals surface area contributed by atoms with Gasteiger partial charge in [0, 0.05) is 14.3 Å². The quantitative estimate of drug-likeness (QED) is 0.720. The first kappa shape index (κ1) is 11.9. The molecule has 0 aliphatic heterocycles. The molecular formula is C15H14OS2. The Bertz CT molecular complexity index is 645. The van der Waals surface area contributed by atoms with Crippen LogP contribution < -0.4 is 0 Å². The van der Waals surface area contributed by atoms with E-state index in [1.54, 1.807) is 22.7 Å². The maximum absolute atomic E-state index is 10.5. The molecule has 92 valence electrons. The van der Waals surface area contributed by atoms with Gasteiger partial charge in [-0.2, -0.15) is 0 Å². The summed E-state index contributed by atoms with van der Waals surface area (Å²) < 4.78 is 2.52. The summed E-state index contributed by atoms with van der Waals surface area (Å²) >= 11 is 3.41. The van der Waals surface area contributed by atoms with E-state index in [1.807, 2.05) is 0 Å². The molecule has 0 saturated carbocycles. The number of benzene rings is 1. The number of fused-ring (bicyclic) bond motifs is 1. The van der Waals surface area contributed by atoms with Crippen molar-refractivity contribution in [2.75, 3.05) is 0 Å². The van der Waals surface area contributed by atoms with Crippen LogP contribution in [0, 0.1) is 13.8 Å². The first-order valence-electron chi connectivity index (χ1n) is 5.87. The van der Waals surface area contributed by atoms with Gasteiger partial charge in [0.05, 0.1) is 0 Å². The summed E-state index contributed by atoms with van der Waals surface area (Å²) in [5.41, 5.74) is 3.38. The van der Waals surface area contributed by atoms with Crippen molar-refractivity contribution in [1.82, 2.24) is 0 Å². The van der Waals surface area contributed by atoms with Crippen molar-refractivity contribution < 1.29 is 5.11 Å². The van der Waals surface area contributed by atoms with Crippen LogP contribution in [0.1, 0.15) is 27.7 Å². The predicted octanol–water partition coefficient (Wildman–Crippen LogP) is 4.66. The van der Waals surface area contributed by atoms with Crippen LogP contribution in [0.4, 0.5) is 0 Å². The van der Waals surface area contributed by atoms with Gasteiger partial charge in [0.15, 0.2) is 0 Å². The first-order chi connectivity index (χ1) is 8.63. The Morgan fingerprint density at radius 3 is 2.39 bits per heavy atom. The second-order valence-corrected chi connectivity index (χ2v) is 6.68. The third kappa shape index (κ3) is 2.09. The van der Waals surface area contributed by atoms with Crippen molar-refractivity contribution >= 4 is 32.1 Å². The van der Waals surface area contributed by atoms with Gasteiger partial charge in [-0.05, 0) is 36.9 Å². The lowest BCUT2D eigenvalue weighted by Crippen LogP contribution is -1.98. The Balaban J connectivity index is 2.03. The number of rotatable bonds is 2. The zero-order chi connectivity index (χ0) is 12.7. The minimum Gasteiger partial charge on any atom is -0.383 e. The Labute approximate surface area is 114 Å². The SMILES string of the molecule is Cc1cc(C)cc(C(O)c2cc3sccc3s2)c1. The Morgan fingerprint density at radius 1 is 1.00 bits per heavy atom. The molecule has 1 aromatic carbocycles. The van der Waals surface area contributed by atoms with E-state index in [-0.39, 0.29) is 0 Å². The Hall–Kier alpha value is -1.16. The fourth-order valence-corrected chi connectivity index (χ4v) is 4.39. The summed E-state index contributed by atoms with van der Waals surface area (Å²) in [5, 5.41) is 12.6. The van der Waals surface area contributed by atoms with Gasteiger partial charge in [0.25, 0.3) is 0 Å². The first-order valence-corrected chi connectivity index (χ1v) is 7.56. The monoisotopic (exact) mass is 274 g/mol. The van der Waals surface area contributed by atoms with Crippen molar-refractivity contribution in [2.45, 2.75) is 20.0 Å².